The van der Waals surface area contributed by atoms with Gasteiger partial charge in [-0.25, -0.2) is 0 Å². The third kappa shape index (κ3) is 5.30. The molecule has 1 aromatic carbocycles. The second kappa shape index (κ2) is 8.56. The molecule has 22 heavy (non-hydrogen) atoms. The summed E-state index contributed by atoms with van der Waals surface area (Å²) in [6.45, 7) is 5.36. The molecule has 1 amide bonds. The first-order chi connectivity index (χ1) is 10.6. The Hall–Kier alpha value is -1.04. The van der Waals surface area contributed by atoms with Gasteiger partial charge in [0.05, 0.1) is 11.4 Å². The number of aliphatic hydroxyl groups excluding tert-OH is 1. The highest BCUT2D eigenvalue weighted by atomic mass is 32.2. The molecule has 1 saturated heterocycles. The van der Waals surface area contributed by atoms with E-state index in [0.717, 1.165) is 38.0 Å². The molecule has 0 bridgehead atoms. The summed E-state index contributed by atoms with van der Waals surface area (Å²) >= 11 is 1.55. The summed E-state index contributed by atoms with van der Waals surface area (Å²) < 4.78 is 0. The lowest BCUT2D eigenvalue weighted by Crippen LogP contribution is -2.35. The van der Waals surface area contributed by atoms with Gasteiger partial charge in [-0.1, -0.05) is 24.3 Å². The van der Waals surface area contributed by atoms with E-state index >= 15 is 0 Å². The lowest BCUT2D eigenvalue weighted by Gasteiger charge is -2.29. The lowest BCUT2D eigenvalue weighted by atomic mass is 10.1. The largest absolute Gasteiger partial charge is 0.393 e. The van der Waals surface area contributed by atoms with Crippen molar-refractivity contribution in [2.24, 2.45) is 0 Å². The summed E-state index contributed by atoms with van der Waals surface area (Å²) in [5, 5.41) is 12.5. The Kier molecular flexibility index (Phi) is 6.73. The highest BCUT2D eigenvalue weighted by molar-refractivity contribution is 7.99. The molecule has 4 nitrogen and oxygen atoms in total. The molecule has 5 heteroatoms. The van der Waals surface area contributed by atoms with Crippen molar-refractivity contribution in [3.8, 4) is 0 Å². The maximum atomic E-state index is 11.7. The van der Waals surface area contributed by atoms with Crippen LogP contribution in [0.15, 0.2) is 24.3 Å². The summed E-state index contributed by atoms with van der Waals surface area (Å²) in [5.41, 5.74) is 2.41. The first kappa shape index (κ1) is 17.3. The number of aliphatic hydroxyl groups is 1. The van der Waals surface area contributed by atoms with Gasteiger partial charge >= 0.3 is 0 Å². The number of hydrogen-bond donors (Lipinski definition) is 2. The van der Waals surface area contributed by atoms with E-state index in [2.05, 4.69) is 34.5 Å². The van der Waals surface area contributed by atoms with Crippen molar-refractivity contribution >= 4 is 17.7 Å². The molecule has 0 spiro atoms. The fourth-order valence-corrected chi connectivity index (χ4v) is 2.84. The molecule has 122 valence electrons. The van der Waals surface area contributed by atoms with E-state index in [1.165, 1.54) is 5.56 Å². The van der Waals surface area contributed by atoms with Crippen molar-refractivity contribution in [1.29, 1.82) is 0 Å². The van der Waals surface area contributed by atoms with Gasteiger partial charge in [0.2, 0.25) is 5.91 Å². The summed E-state index contributed by atoms with van der Waals surface area (Å²) in [4.78, 5) is 14.1. The minimum Gasteiger partial charge on any atom is -0.393 e. The average molecular weight is 322 g/mol. The summed E-state index contributed by atoms with van der Waals surface area (Å²) in [6, 6.07) is 8.42. The fraction of sp³-hybridized carbons (Fsp3) is 0.588. The minimum absolute atomic E-state index is 0.00581. The fourth-order valence-electron chi connectivity index (χ4n) is 2.54. The van der Waals surface area contributed by atoms with Gasteiger partial charge in [-0.2, -0.15) is 11.8 Å². The van der Waals surface area contributed by atoms with Gasteiger partial charge in [0.15, 0.2) is 0 Å². The Balaban J connectivity index is 1.79. The van der Waals surface area contributed by atoms with Crippen molar-refractivity contribution in [2.45, 2.75) is 44.2 Å². The molecule has 2 N–H and O–H groups in total. The Bertz CT molecular complexity index is 470. The second-order valence-electron chi connectivity index (χ2n) is 5.92. The van der Waals surface area contributed by atoms with E-state index in [0.29, 0.717) is 6.54 Å². The van der Waals surface area contributed by atoms with Gasteiger partial charge < -0.3 is 10.4 Å². The first-order valence-corrected chi connectivity index (χ1v) is 9.16. The Labute approximate surface area is 137 Å². The number of nitrogens with one attached hydrogen (secondary N) is 1. The van der Waals surface area contributed by atoms with Crippen LogP contribution in [0.4, 0.5) is 0 Å². The normalized spacial score (nSPS) is 18.1. The van der Waals surface area contributed by atoms with Gasteiger partial charge in [0, 0.05) is 26.2 Å². The number of carbonyl (C=O) groups is 1. The van der Waals surface area contributed by atoms with Crippen LogP contribution in [0.3, 0.4) is 0 Å². The van der Waals surface area contributed by atoms with E-state index in [1.54, 1.807) is 11.8 Å². The van der Waals surface area contributed by atoms with Crippen molar-refractivity contribution in [3.05, 3.63) is 35.4 Å². The molecule has 1 aliphatic heterocycles. The number of benzene rings is 1. The number of likely N-dealkylation sites (tertiary alicyclic amines) is 1. The molecule has 0 radical (unpaired) electrons. The van der Waals surface area contributed by atoms with Crippen LogP contribution in [0.5, 0.6) is 0 Å². The number of carbonyl (C=O) groups excluding carboxylic acids is 1. The molecule has 0 aromatic heterocycles. The molecule has 1 heterocycles. The first-order valence-electron chi connectivity index (χ1n) is 7.87. The molecular weight excluding hydrogens is 296 g/mol. The predicted octanol–water partition coefficient (Wildman–Crippen LogP) is 2.01. The zero-order chi connectivity index (χ0) is 15.9. The van der Waals surface area contributed by atoms with Crippen LogP contribution in [-0.4, -0.2) is 46.6 Å². The SMILES string of the molecule is CS[C@H](C)C(=O)NCc1ccc(CN2CCC(O)CC2)cc1. The average Bonchev–Trinajstić information content (AvgIpc) is 2.55. The Morgan fingerprint density at radius 1 is 1.32 bits per heavy atom. The smallest absolute Gasteiger partial charge is 0.233 e. The molecular formula is C17H26N2O2S. The molecule has 1 aromatic rings. The van der Waals surface area contributed by atoms with Crippen molar-refractivity contribution in [1.82, 2.24) is 10.2 Å². The number of rotatable bonds is 6. The zero-order valence-electron chi connectivity index (χ0n) is 13.4. The van der Waals surface area contributed by atoms with Gasteiger partial charge in [-0.05, 0) is 37.1 Å². The van der Waals surface area contributed by atoms with Crippen LogP contribution in [0.2, 0.25) is 0 Å². The van der Waals surface area contributed by atoms with E-state index in [1.807, 2.05) is 13.2 Å². The monoisotopic (exact) mass is 322 g/mol. The molecule has 0 aliphatic carbocycles. The molecule has 0 saturated carbocycles. The van der Waals surface area contributed by atoms with Crippen LogP contribution >= 0.6 is 11.8 Å². The van der Waals surface area contributed by atoms with E-state index in [4.69, 9.17) is 0 Å². The molecule has 1 aliphatic rings. The number of nitrogens with zero attached hydrogens (tertiary/aromatic N) is 1. The van der Waals surface area contributed by atoms with Crippen LogP contribution in [-0.2, 0) is 17.9 Å². The highest BCUT2D eigenvalue weighted by Gasteiger charge is 2.16. The summed E-state index contributed by atoms with van der Waals surface area (Å²) in [6.07, 6.45) is 3.57. The predicted molar refractivity (Wildman–Crippen MR) is 91.8 cm³/mol. The molecule has 1 atom stereocenters. The van der Waals surface area contributed by atoms with E-state index in [9.17, 15) is 9.90 Å². The van der Waals surface area contributed by atoms with E-state index < -0.39 is 0 Å². The standard InChI is InChI=1S/C17H26N2O2S/c1-13(22-2)17(21)18-11-14-3-5-15(6-4-14)12-19-9-7-16(20)8-10-19/h3-6,13,16,20H,7-12H2,1-2H3,(H,18,21)/t13-/m1/s1. The van der Waals surface area contributed by atoms with Gasteiger partial charge in [-0.3, -0.25) is 9.69 Å². The highest BCUT2D eigenvalue weighted by Crippen LogP contribution is 2.14. The van der Waals surface area contributed by atoms with Crippen LogP contribution in [0.1, 0.15) is 30.9 Å². The lowest BCUT2D eigenvalue weighted by molar-refractivity contribution is -0.120. The Morgan fingerprint density at radius 2 is 1.91 bits per heavy atom. The topological polar surface area (TPSA) is 52.6 Å². The number of amides is 1. The summed E-state index contributed by atoms with van der Waals surface area (Å²) in [7, 11) is 0. The number of piperidine rings is 1. The molecule has 1 fully saturated rings. The van der Waals surface area contributed by atoms with Crippen LogP contribution in [0.25, 0.3) is 0 Å². The van der Waals surface area contributed by atoms with Crippen LogP contribution < -0.4 is 5.32 Å². The zero-order valence-corrected chi connectivity index (χ0v) is 14.2. The van der Waals surface area contributed by atoms with Gasteiger partial charge in [0.25, 0.3) is 0 Å². The quantitative estimate of drug-likeness (QED) is 0.841. The third-order valence-electron chi connectivity index (χ3n) is 4.18. The van der Waals surface area contributed by atoms with Crippen molar-refractivity contribution < 1.29 is 9.90 Å². The third-order valence-corrected chi connectivity index (χ3v) is 5.10. The second-order valence-corrected chi connectivity index (χ2v) is 7.10. The van der Waals surface area contributed by atoms with Crippen molar-refractivity contribution in [3.63, 3.8) is 0 Å². The minimum atomic E-state index is -0.120. The Morgan fingerprint density at radius 3 is 2.50 bits per heavy atom. The molecule has 0 unspecified atom stereocenters. The maximum absolute atomic E-state index is 11.7. The number of thioether (sulfide) groups is 1. The van der Waals surface area contributed by atoms with Gasteiger partial charge in [-0.15, -0.1) is 0 Å². The number of hydrogen-bond acceptors (Lipinski definition) is 4. The summed E-state index contributed by atoms with van der Waals surface area (Å²) in [5.74, 6) is 0.0865. The van der Waals surface area contributed by atoms with Gasteiger partial charge in [0.1, 0.15) is 0 Å². The molecule has 2 rings (SSSR count). The maximum Gasteiger partial charge on any atom is 0.233 e. The van der Waals surface area contributed by atoms with Crippen LogP contribution in [0, 0.1) is 0 Å². The van der Waals surface area contributed by atoms with E-state index in [-0.39, 0.29) is 17.3 Å². The van der Waals surface area contributed by atoms with Crippen molar-refractivity contribution in [2.75, 3.05) is 19.3 Å².